The van der Waals surface area contributed by atoms with Crippen molar-refractivity contribution >= 4 is 44.5 Å². The van der Waals surface area contributed by atoms with Gasteiger partial charge in [0.1, 0.15) is 10.2 Å². The number of aromatic nitrogens is 3. The van der Waals surface area contributed by atoms with Crippen LogP contribution in [0.1, 0.15) is 27.2 Å². The molecule has 0 aliphatic heterocycles. The molecule has 3 rings (SSSR count). The Bertz CT molecular complexity index is 932. The maximum absolute atomic E-state index is 11.6. The molecular weight excluding hydrogens is 398 g/mol. The van der Waals surface area contributed by atoms with Crippen LogP contribution in [0.4, 0.5) is 10.6 Å². The second kappa shape index (κ2) is 7.49. The minimum Gasteiger partial charge on any atom is -0.444 e. The summed E-state index contributed by atoms with van der Waals surface area (Å²) in [4.78, 5) is 20.7. The fourth-order valence-electron chi connectivity index (χ4n) is 2.56. The van der Waals surface area contributed by atoms with E-state index in [9.17, 15) is 4.79 Å². The summed E-state index contributed by atoms with van der Waals surface area (Å²) in [7, 11) is 0. The first-order valence-electron chi connectivity index (χ1n) is 8.47. The van der Waals surface area contributed by atoms with Gasteiger partial charge in [0.15, 0.2) is 11.5 Å². The molecule has 0 fully saturated rings. The second-order valence-corrected chi connectivity index (χ2v) is 7.71. The third-order valence-corrected chi connectivity index (χ3v) is 4.16. The van der Waals surface area contributed by atoms with Crippen LogP contribution in [-0.4, -0.2) is 39.2 Å². The van der Waals surface area contributed by atoms with Crippen LogP contribution in [0.15, 0.2) is 35.1 Å². The van der Waals surface area contributed by atoms with Crippen LogP contribution >= 0.6 is 15.9 Å². The lowest BCUT2D eigenvalue weighted by Gasteiger charge is -2.19. The first-order valence-corrected chi connectivity index (χ1v) is 9.27. The van der Waals surface area contributed by atoms with E-state index >= 15 is 0 Å². The van der Waals surface area contributed by atoms with Crippen molar-refractivity contribution in [3.8, 4) is 0 Å². The lowest BCUT2D eigenvalue weighted by molar-refractivity contribution is 0.0528. The Balaban J connectivity index is 1.63. The van der Waals surface area contributed by atoms with Crippen molar-refractivity contribution in [2.75, 3.05) is 18.4 Å². The van der Waals surface area contributed by atoms with E-state index < -0.39 is 11.7 Å². The number of fused-ring (bicyclic) bond motifs is 3. The van der Waals surface area contributed by atoms with Crippen LogP contribution in [0.25, 0.3) is 16.7 Å². The summed E-state index contributed by atoms with van der Waals surface area (Å²) < 4.78 is 8.10. The molecule has 0 saturated carbocycles. The van der Waals surface area contributed by atoms with Crippen molar-refractivity contribution < 1.29 is 9.53 Å². The first-order chi connectivity index (χ1) is 12.3. The number of alkyl carbamates (subject to hydrolysis) is 1. The van der Waals surface area contributed by atoms with E-state index in [0.717, 1.165) is 27.7 Å². The fourth-order valence-corrected chi connectivity index (χ4v) is 3.03. The normalized spacial score (nSPS) is 11.7. The number of carbonyl (C=O) groups is 1. The van der Waals surface area contributed by atoms with Gasteiger partial charge < -0.3 is 15.4 Å². The zero-order chi connectivity index (χ0) is 18.7. The smallest absolute Gasteiger partial charge is 0.407 e. The maximum Gasteiger partial charge on any atom is 0.407 e. The van der Waals surface area contributed by atoms with E-state index in [1.54, 1.807) is 6.20 Å². The molecule has 0 saturated heterocycles. The van der Waals surface area contributed by atoms with Gasteiger partial charge >= 0.3 is 6.09 Å². The number of anilines is 1. The molecule has 0 unspecified atom stereocenters. The number of rotatable bonds is 5. The number of halogens is 1. The number of para-hydroxylation sites is 2. The minimum absolute atomic E-state index is 0.402. The number of nitrogens with zero attached hydrogens (tertiary/aromatic N) is 3. The van der Waals surface area contributed by atoms with E-state index in [-0.39, 0.29) is 0 Å². The molecule has 8 heteroatoms. The Morgan fingerprint density at radius 3 is 2.81 bits per heavy atom. The minimum atomic E-state index is -0.489. The second-order valence-electron chi connectivity index (χ2n) is 6.90. The molecule has 0 aliphatic carbocycles. The van der Waals surface area contributed by atoms with Crippen molar-refractivity contribution in [2.45, 2.75) is 32.8 Å². The predicted molar refractivity (Wildman–Crippen MR) is 106 cm³/mol. The quantitative estimate of drug-likeness (QED) is 0.611. The van der Waals surface area contributed by atoms with Crippen LogP contribution in [0.3, 0.4) is 0 Å². The number of hydrogen-bond donors (Lipinski definition) is 2. The molecule has 2 aromatic heterocycles. The Hall–Kier alpha value is -2.35. The van der Waals surface area contributed by atoms with E-state index in [0.29, 0.717) is 18.9 Å². The topological polar surface area (TPSA) is 80.5 Å². The van der Waals surface area contributed by atoms with Gasteiger partial charge in [-0.25, -0.2) is 14.8 Å². The molecule has 0 bridgehead atoms. The number of carbonyl (C=O) groups excluding carboxylic acids is 1. The standard InChI is InChI=1S/C18H22BrN5O2/c1-18(2,3)26-17(25)21-10-6-9-20-15-16-22-11-14(19)24(16)13-8-5-4-7-12(13)23-15/h4-5,7-8,11H,6,9-10H2,1-3H3,(H,20,23)(H,21,25). The molecule has 1 aromatic carbocycles. The molecule has 2 heterocycles. The summed E-state index contributed by atoms with van der Waals surface area (Å²) in [6.45, 7) is 6.69. The number of imidazole rings is 1. The highest BCUT2D eigenvalue weighted by Gasteiger charge is 2.15. The van der Waals surface area contributed by atoms with E-state index in [2.05, 4.69) is 36.5 Å². The van der Waals surface area contributed by atoms with E-state index in [4.69, 9.17) is 4.74 Å². The highest BCUT2D eigenvalue weighted by Crippen LogP contribution is 2.25. The van der Waals surface area contributed by atoms with Crippen LogP contribution in [0.2, 0.25) is 0 Å². The Morgan fingerprint density at radius 1 is 1.27 bits per heavy atom. The molecule has 3 aromatic rings. The molecule has 0 spiro atoms. The third-order valence-electron chi connectivity index (χ3n) is 3.60. The summed E-state index contributed by atoms with van der Waals surface area (Å²) in [5, 5.41) is 6.05. The van der Waals surface area contributed by atoms with Crippen LogP contribution in [-0.2, 0) is 4.74 Å². The molecular formula is C18H22BrN5O2. The molecule has 138 valence electrons. The van der Waals surface area contributed by atoms with Crippen molar-refractivity contribution in [3.63, 3.8) is 0 Å². The molecule has 0 atom stereocenters. The van der Waals surface area contributed by atoms with Gasteiger partial charge in [-0.3, -0.25) is 4.40 Å². The van der Waals surface area contributed by atoms with Crippen molar-refractivity contribution in [3.05, 3.63) is 35.1 Å². The monoisotopic (exact) mass is 419 g/mol. The van der Waals surface area contributed by atoms with Crippen molar-refractivity contribution in [2.24, 2.45) is 0 Å². The SMILES string of the molecule is CC(C)(C)OC(=O)NCCCNc1nc2ccccc2n2c(Br)cnc12. The van der Waals surface area contributed by atoms with Gasteiger partial charge in [0, 0.05) is 13.1 Å². The highest BCUT2D eigenvalue weighted by atomic mass is 79.9. The van der Waals surface area contributed by atoms with Crippen LogP contribution < -0.4 is 10.6 Å². The molecule has 2 N–H and O–H groups in total. The van der Waals surface area contributed by atoms with Gasteiger partial charge in [-0.1, -0.05) is 12.1 Å². The van der Waals surface area contributed by atoms with Gasteiger partial charge in [-0.15, -0.1) is 0 Å². The number of benzene rings is 1. The number of nitrogens with one attached hydrogen (secondary N) is 2. The first kappa shape index (κ1) is 18.4. The summed E-state index contributed by atoms with van der Waals surface area (Å²) in [5.41, 5.74) is 2.14. The van der Waals surface area contributed by atoms with Crippen molar-refractivity contribution in [1.82, 2.24) is 19.7 Å². The van der Waals surface area contributed by atoms with Gasteiger partial charge in [-0.05, 0) is 55.3 Å². The number of ether oxygens (including phenoxy) is 1. The summed E-state index contributed by atoms with van der Waals surface area (Å²) in [5.74, 6) is 0.715. The Labute approximate surface area is 160 Å². The third kappa shape index (κ3) is 4.24. The Morgan fingerprint density at radius 2 is 2.04 bits per heavy atom. The van der Waals surface area contributed by atoms with Crippen LogP contribution in [0.5, 0.6) is 0 Å². The number of hydrogen-bond acceptors (Lipinski definition) is 5. The predicted octanol–water partition coefficient (Wildman–Crippen LogP) is 3.97. The average molecular weight is 420 g/mol. The fraction of sp³-hybridized carbons (Fsp3) is 0.389. The summed E-state index contributed by atoms with van der Waals surface area (Å²) >= 11 is 3.54. The molecule has 0 radical (unpaired) electrons. The molecule has 1 amide bonds. The van der Waals surface area contributed by atoms with Gasteiger partial charge in [0.25, 0.3) is 0 Å². The van der Waals surface area contributed by atoms with E-state index in [1.165, 1.54) is 0 Å². The van der Waals surface area contributed by atoms with Gasteiger partial charge in [0.05, 0.1) is 17.2 Å². The summed E-state index contributed by atoms with van der Waals surface area (Å²) in [6, 6.07) is 7.92. The largest absolute Gasteiger partial charge is 0.444 e. The Kier molecular flexibility index (Phi) is 5.31. The zero-order valence-corrected chi connectivity index (χ0v) is 16.6. The summed E-state index contributed by atoms with van der Waals surface area (Å²) in [6.07, 6.45) is 2.10. The average Bonchev–Trinajstić information content (AvgIpc) is 2.95. The molecule has 7 nitrogen and oxygen atoms in total. The van der Waals surface area contributed by atoms with Crippen LogP contribution in [0, 0.1) is 0 Å². The number of amides is 1. The lowest BCUT2D eigenvalue weighted by Crippen LogP contribution is -2.33. The molecule has 26 heavy (non-hydrogen) atoms. The highest BCUT2D eigenvalue weighted by molar-refractivity contribution is 9.10. The van der Waals surface area contributed by atoms with E-state index in [1.807, 2.05) is 49.4 Å². The lowest BCUT2D eigenvalue weighted by atomic mass is 10.2. The van der Waals surface area contributed by atoms with Gasteiger partial charge in [-0.2, -0.15) is 0 Å². The van der Waals surface area contributed by atoms with Crippen molar-refractivity contribution in [1.29, 1.82) is 0 Å². The van der Waals surface area contributed by atoms with Gasteiger partial charge in [0.2, 0.25) is 0 Å². The molecule has 0 aliphatic rings. The maximum atomic E-state index is 11.6. The zero-order valence-electron chi connectivity index (χ0n) is 15.0.